The SMILES string of the molecule is N#CCCNC(=O)CCCCCl. The highest BCUT2D eigenvalue weighted by atomic mass is 35.5. The fraction of sp³-hybridized carbons (Fsp3) is 0.750. The summed E-state index contributed by atoms with van der Waals surface area (Å²) in [6, 6.07) is 1.95. The minimum Gasteiger partial charge on any atom is -0.355 e. The molecule has 68 valence electrons. The first-order chi connectivity index (χ1) is 5.81. The zero-order valence-electron chi connectivity index (χ0n) is 6.98. The summed E-state index contributed by atoms with van der Waals surface area (Å²) in [6.07, 6.45) is 2.58. The number of hydrogen-bond donors (Lipinski definition) is 1. The second-order valence-electron chi connectivity index (χ2n) is 2.40. The molecule has 0 unspecified atom stereocenters. The number of carbonyl (C=O) groups is 1. The number of amides is 1. The fourth-order valence-electron chi connectivity index (χ4n) is 0.726. The van der Waals surface area contributed by atoms with E-state index in [1.165, 1.54) is 0 Å². The van der Waals surface area contributed by atoms with Crippen molar-refractivity contribution in [3.05, 3.63) is 0 Å². The topological polar surface area (TPSA) is 52.9 Å². The average molecular weight is 189 g/mol. The van der Waals surface area contributed by atoms with E-state index in [0.29, 0.717) is 25.3 Å². The molecule has 0 spiro atoms. The van der Waals surface area contributed by atoms with Crippen LogP contribution in [0.4, 0.5) is 0 Å². The maximum atomic E-state index is 10.9. The maximum Gasteiger partial charge on any atom is 0.220 e. The van der Waals surface area contributed by atoms with Gasteiger partial charge >= 0.3 is 0 Å². The summed E-state index contributed by atoms with van der Waals surface area (Å²) in [6.45, 7) is 0.455. The van der Waals surface area contributed by atoms with Gasteiger partial charge < -0.3 is 5.32 Å². The summed E-state index contributed by atoms with van der Waals surface area (Å²) in [5, 5.41) is 10.8. The Morgan fingerprint density at radius 2 is 2.25 bits per heavy atom. The van der Waals surface area contributed by atoms with Crippen molar-refractivity contribution < 1.29 is 4.79 Å². The number of halogens is 1. The third kappa shape index (κ3) is 7.36. The van der Waals surface area contributed by atoms with E-state index in [-0.39, 0.29) is 5.91 Å². The first-order valence-electron chi connectivity index (χ1n) is 4.01. The van der Waals surface area contributed by atoms with Crippen LogP contribution in [0, 0.1) is 11.3 Å². The highest BCUT2D eigenvalue weighted by Crippen LogP contribution is 1.96. The monoisotopic (exact) mass is 188 g/mol. The van der Waals surface area contributed by atoms with Crippen LogP contribution in [-0.4, -0.2) is 18.3 Å². The number of rotatable bonds is 6. The molecule has 0 radical (unpaired) electrons. The molecule has 0 aliphatic rings. The molecule has 0 aromatic carbocycles. The normalized spacial score (nSPS) is 9.00. The van der Waals surface area contributed by atoms with E-state index in [2.05, 4.69) is 5.32 Å². The first kappa shape index (κ1) is 11.2. The van der Waals surface area contributed by atoms with Crippen LogP contribution in [-0.2, 0) is 4.79 Å². The van der Waals surface area contributed by atoms with Gasteiger partial charge in [-0.3, -0.25) is 4.79 Å². The Hall–Kier alpha value is -0.750. The molecule has 0 bridgehead atoms. The lowest BCUT2D eigenvalue weighted by Gasteiger charge is -2.00. The van der Waals surface area contributed by atoms with Crippen molar-refractivity contribution in [2.75, 3.05) is 12.4 Å². The van der Waals surface area contributed by atoms with Crippen molar-refractivity contribution in [2.45, 2.75) is 25.7 Å². The van der Waals surface area contributed by atoms with Crippen LogP contribution in [0.2, 0.25) is 0 Å². The number of carbonyl (C=O) groups excluding carboxylic acids is 1. The molecule has 0 atom stereocenters. The zero-order valence-corrected chi connectivity index (χ0v) is 7.73. The van der Waals surface area contributed by atoms with Crippen LogP contribution in [0.5, 0.6) is 0 Å². The number of hydrogen-bond acceptors (Lipinski definition) is 2. The van der Waals surface area contributed by atoms with E-state index in [9.17, 15) is 4.79 Å². The highest BCUT2D eigenvalue weighted by Gasteiger charge is 1.98. The zero-order chi connectivity index (χ0) is 9.23. The van der Waals surface area contributed by atoms with Crippen LogP contribution in [0.25, 0.3) is 0 Å². The van der Waals surface area contributed by atoms with Gasteiger partial charge in [-0.1, -0.05) is 0 Å². The van der Waals surface area contributed by atoms with Gasteiger partial charge in [0.05, 0.1) is 12.5 Å². The van der Waals surface area contributed by atoms with Gasteiger partial charge in [-0.2, -0.15) is 5.26 Å². The molecular formula is C8H13ClN2O. The molecule has 0 fully saturated rings. The van der Waals surface area contributed by atoms with E-state index < -0.39 is 0 Å². The van der Waals surface area contributed by atoms with Gasteiger partial charge in [-0.25, -0.2) is 0 Å². The summed E-state index contributed by atoms with van der Waals surface area (Å²) in [5.41, 5.74) is 0. The number of nitrogens with zero attached hydrogens (tertiary/aromatic N) is 1. The van der Waals surface area contributed by atoms with Gasteiger partial charge in [-0.15, -0.1) is 11.6 Å². The van der Waals surface area contributed by atoms with Crippen LogP contribution < -0.4 is 5.32 Å². The Morgan fingerprint density at radius 1 is 1.50 bits per heavy atom. The van der Waals surface area contributed by atoms with Crippen molar-refractivity contribution >= 4 is 17.5 Å². The average Bonchev–Trinajstić information content (AvgIpc) is 2.06. The molecular weight excluding hydrogens is 176 g/mol. The minimum absolute atomic E-state index is 0.00960. The predicted molar refractivity (Wildman–Crippen MR) is 47.8 cm³/mol. The summed E-state index contributed by atoms with van der Waals surface area (Å²) in [7, 11) is 0. The van der Waals surface area contributed by atoms with Crippen LogP contribution in [0.3, 0.4) is 0 Å². The van der Waals surface area contributed by atoms with E-state index >= 15 is 0 Å². The Kier molecular flexibility index (Phi) is 7.83. The molecule has 0 aromatic rings. The lowest BCUT2D eigenvalue weighted by atomic mass is 10.2. The van der Waals surface area contributed by atoms with Crippen LogP contribution >= 0.6 is 11.6 Å². The molecule has 12 heavy (non-hydrogen) atoms. The van der Waals surface area contributed by atoms with Gasteiger partial charge in [0.25, 0.3) is 0 Å². The number of unbranched alkanes of at least 4 members (excludes halogenated alkanes) is 1. The summed E-state index contributed by atoms with van der Waals surface area (Å²) < 4.78 is 0. The van der Waals surface area contributed by atoms with Gasteiger partial charge in [0, 0.05) is 18.8 Å². The standard InChI is InChI=1S/C8H13ClN2O/c9-5-2-1-4-8(12)11-7-3-6-10/h1-5,7H2,(H,11,12). The van der Waals surface area contributed by atoms with Crippen molar-refractivity contribution in [2.24, 2.45) is 0 Å². The largest absolute Gasteiger partial charge is 0.355 e. The first-order valence-corrected chi connectivity index (χ1v) is 4.54. The summed E-state index contributed by atoms with van der Waals surface area (Å²) >= 11 is 5.44. The molecule has 3 nitrogen and oxygen atoms in total. The number of nitriles is 1. The van der Waals surface area contributed by atoms with Gasteiger partial charge in [0.1, 0.15) is 0 Å². The Bertz CT molecular complexity index is 165. The second kappa shape index (κ2) is 8.35. The van der Waals surface area contributed by atoms with Gasteiger partial charge in [0.15, 0.2) is 0 Å². The fourth-order valence-corrected chi connectivity index (χ4v) is 0.915. The molecule has 0 rings (SSSR count). The van der Waals surface area contributed by atoms with Crippen molar-refractivity contribution in [1.29, 1.82) is 5.26 Å². The van der Waals surface area contributed by atoms with E-state index in [1.807, 2.05) is 6.07 Å². The Balaban J connectivity index is 3.17. The lowest BCUT2D eigenvalue weighted by Crippen LogP contribution is -2.23. The Morgan fingerprint density at radius 3 is 2.83 bits per heavy atom. The summed E-state index contributed by atoms with van der Waals surface area (Å²) in [5.74, 6) is 0.612. The lowest BCUT2D eigenvalue weighted by molar-refractivity contribution is -0.121. The maximum absolute atomic E-state index is 10.9. The second-order valence-corrected chi connectivity index (χ2v) is 2.78. The number of alkyl halides is 1. The molecule has 1 amide bonds. The minimum atomic E-state index is 0.00960. The molecule has 1 N–H and O–H groups in total. The van der Waals surface area contributed by atoms with E-state index in [0.717, 1.165) is 12.8 Å². The molecule has 0 aliphatic carbocycles. The summed E-state index contributed by atoms with van der Waals surface area (Å²) in [4.78, 5) is 10.9. The van der Waals surface area contributed by atoms with E-state index in [4.69, 9.17) is 16.9 Å². The van der Waals surface area contributed by atoms with Crippen LogP contribution in [0.15, 0.2) is 0 Å². The van der Waals surface area contributed by atoms with E-state index in [1.54, 1.807) is 0 Å². The number of nitrogens with one attached hydrogen (secondary N) is 1. The van der Waals surface area contributed by atoms with Gasteiger partial charge in [0.2, 0.25) is 5.91 Å². The smallest absolute Gasteiger partial charge is 0.220 e. The molecule has 0 aliphatic heterocycles. The third-order valence-electron chi connectivity index (χ3n) is 1.35. The third-order valence-corrected chi connectivity index (χ3v) is 1.61. The molecule has 0 saturated heterocycles. The molecule has 0 aromatic heterocycles. The van der Waals surface area contributed by atoms with Crippen molar-refractivity contribution in [3.8, 4) is 6.07 Å². The van der Waals surface area contributed by atoms with Crippen molar-refractivity contribution in [1.82, 2.24) is 5.32 Å². The van der Waals surface area contributed by atoms with Gasteiger partial charge in [-0.05, 0) is 12.8 Å². The van der Waals surface area contributed by atoms with Crippen molar-refractivity contribution in [3.63, 3.8) is 0 Å². The molecule has 0 saturated carbocycles. The molecule has 0 heterocycles. The highest BCUT2D eigenvalue weighted by molar-refractivity contribution is 6.17. The van der Waals surface area contributed by atoms with Crippen LogP contribution in [0.1, 0.15) is 25.7 Å². The quantitative estimate of drug-likeness (QED) is 0.507. The Labute approximate surface area is 77.7 Å². The molecule has 4 heteroatoms. The predicted octanol–water partition coefficient (Wildman–Crippen LogP) is 1.43.